The van der Waals surface area contributed by atoms with E-state index in [4.69, 9.17) is 0 Å². The topological polar surface area (TPSA) is 56.7 Å². The van der Waals surface area contributed by atoms with E-state index in [0.29, 0.717) is 13.0 Å². The van der Waals surface area contributed by atoms with Crippen molar-refractivity contribution in [3.05, 3.63) is 16.1 Å². The highest BCUT2D eigenvalue weighted by Gasteiger charge is 2.23. The van der Waals surface area contributed by atoms with Gasteiger partial charge >= 0.3 is 0 Å². The van der Waals surface area contributed by atoms with Crippen LogP contribution in [0.1, 0.15) is 24.5 Å². The summed E-state index contributed by atoms with van der Waals surface area (Å²) in [6.45, 7) is 4.73. The number of aromatic nitrogens is 1. The van der Waals surface area contributed by atoms with Gasteiger partial charge in [-0.1, -0.05) is 0 Å². The lowest BCUT2D eigenvalue weighted by atomic mass is 10.1. The van der Waals surface area contributed by atoms with Crippen LogP contribution in [-0.2, 0) is 17.8 Å². The van der Waals surface area contributed by atoms with E-state index in [-0.39, 0.29) is 18.1 Å². The highest BCUT2D eigenvalue weighted by molar-refractivity contribution is 7.09. The first-order chi connectivity index (χ1) is 8.76. The van der Waals surface area contributed by atoms with E-state index in [0.717, 1.165) is 10.7 Å². The Morgan fingerprint density at radius 3 is 2.58 bits per heavy atom. The van der Waals surface area contributed by atoms with Crippen LogP contribution in [0, 0.1) is 0 Å². The fourth-order valence-electron chi connectivity index (χ4n) is 1.37. The van der Waals surface area contributed by atoms with E-state index in [1.807, 2.05) is 26.3 Å². The minimum atomic E-state index is -0.275. The van der Waals surface area contributed by atoms with Crippen LogP contribution in [0.25, 0.3) is 0 Å². The molecule has 0 aliphatic carbocycles. The molecule has 0 fully saturated rings. The van der Waals surface area contributed by atoms with Crippen LogP contribution in [0.2, 0.25) is 0 Å². The van der Waals surface area contributed by atoms with E-state index in [2.05, 4.69) is 9.88 Å². The minimum absolute atomic E-state index is 0.0601. The molecule has 0 unspecified atom stereocenters. The molecule has 5 nitrogen and oxygen atoms in total. The van der Waals surface area contributed by atoms with Gasteiger partial charge in [0.2, 0.25) is 5.91 Å². The first-order valence-corrected chi connectivity index (χ1v) is 7.10. The molecule has 1 amide bonds. The Bertz CT molecular complexity index is 429. The van der Waals surface area contributed by atoms with Gasteiger partial charge in [-0.3, -0.25) is 9.69 Å². The number of nitrogens with zero attached hydrogens (tertiary/aromatic N) is 3. The Labute approximate surface area is 118 Å². The van der Waals surface area contributed by atoms with E-state index in [1.165, 1.54) is 11.3 Å². The number of carbonyl (C=O) groups is 1. The molecule has 0 aromatic carbocycles. The fourth-order valence-corrected chi connectivity index (χ4v) is 2.14. The van der Waals surface area contributed by atoms with E-state index in [9.17, 15) is 9.90 Å². The molecule has 19 heavy (non-hydrogen) atoms. The van der Waals surface area contributed by atoms with E-state index in [1.54, 1.807) is 19.0 Å². The summed E-state index contributed by atoms with van der Waals surface area (Å²) in [4.78, 5) is 19.7. The summed E-state index contributed by atoms with van der Waals surface area (Å²) in [5.41, 5.74) is 0.666. The van der Waals surface area contributed by atoms with Crippen molar-refractivity contribution in [1.29, 1.82) is 0 Å². The SMILES string of the molecule is CN(C)C(=O)Cc1nc(CN(C)C(C)(C)CO)cs1. The number of hydrogen-bond acceptors (Lipinski definition) is 5. The average Bonchev–Trinajstić information content (AvgIpc) is 2.76. The monoisotopic (exact) mass is 285 g/mol. The van der Waals surface area contributed by atoms with Crippen molar-refractivity contribution in [3.8, 4) is 0 Å². The zero-order valence-electron chi connectivity index (χ0n) is 12.3. The quantitative estimate of drug-likeness (QED) is 0.846. The molecule has 0 aliphatic heterocycles. The molecule has 0 spiro atoms. The van der Waals surface area contributed by atoms with Gasteiger partial charge in [0.05, 0.1) is 18.7 Å². The molecule has 6 heteroatoms. The molecule has 0 radical (unpaired) electrons. The third kappa shape index (κ3) is 4.56. The molecule has 1 rings (SSSR count). The van der Waals surface area contributed by atoms with Crippen molar-refractivity contribution in [2.45, 2.75) is 32.4 Å². The van der Waals surface area contributed by atoms with Crippen LogP contribution < -0.4 is 0 Å². The molecule has 1 heterocycles. The lowest BCUT2D eigenvalue weighted by Crippen LogP contribution is -2.43. The second kappa shape index (κ2) is 6.45. The van der Waals surface area contributed by atoms with Gasteiger partial charge in [0.1, 0.15) is 5.01 Å². The molecular weight excluding hydrogens is 262 g/mol. The number of carbonyl (C=O) groups excluding carboxylic acids is 1. The van der Waals surface area contributed by atoms with Crippen molar-refractivity contribution in [2.24, 2.45) is 0 Å². The van der Waals surface area contributed by atoms with Crippen molar-refractivity contribution >= 4 is 17.2 Å². The number of aliphatic hydroxyl groups excluding tert-OH is 1. The maximum absolute atomic E-state index is 11.6. The number of rotatable bonds is 6. The maximum atomic E-state index is 11.6. The summed E-state index contributed by atoms with van der Waals surface area (Å²) in [5, 5.41) is 12.1. The predicted octanol–water partition coefficient (Wildman–Crippen LogP) is 0.976. The smallest absolute Gasteiger partial charge is 0.228 e. The summed E-state index contributed by atoms with van der Waals surface area (Å²) in [6.07, 6.45) is 0.352. The van der Waals surface area contributed by atoms with Crippen LogP contribution in [0.4, 0.5) is 0 Å². The minimum Gasteiger partial charge on any atom is -0.394 e. The third-order valence-electron chi connectivity index (χ3n) is 3.22. The number of aliphatic hydroxyl groups is 1. The van der Waals surface area contributed by atoms with Crippen molar-refractivity contribution in [1.82, 2.24) is 14.8 Å². The van der Waals surface area contributed by atoms with Gasteiger partial charge < -0.3 is 10.0 Å². The number of amides is 1. The van der Waals surface area contributed by atoms with Gasteiger partial charge in [0.25, 0.3) is 0 Å². The van der Waals surface area contributed by atoms with Gasteiger partial charge in [-0.2, -0.15) is 0 Å². The van der Waals surface area contributed by atoms with Crippen LogP contribution in [0.5, 0.6) is 0 Å². The van der Waals surface area contributed by atoms with Gasteiger partial charge in [-0.25, -0.2) is 4.98 Å². The second-order valence-corrected chi connectivity index (χ2v) is 6.47. The molecule has 1 aromatic rings. The normalized spacial score (nSPS) is 11.9. The molecule has 108 valence electrons. The zero-order chi connectivity index (χ0) is 14.6. The predicted molar refractivity (Wildman–Crippen MR) is 77.1 cm³/mol. The largest absolute Gasteiger partial charge is 0.394 e. The van der Waals surface area contributed by atoms with Crippen LogP contribution >= 0.6 is 11.3 Å². The fraction of sp³-hybridized carbons (Fsp3) is 0.692. The van der Waals surface area contributed by atoms with Crippen molar-refractivity contribution in [3.63, 3.8) is 0 Å². The average molecular weight is 285 g/mol. The maximum Gasteiger partial charge on any atom is 0.228 e. The van der Waals surface area contributed by atoms with Gasteiger partial charge in [-0.15, -0.1) is 11.3 Å². The molecule has 0 atom stereocenters. The summed E-state index contributed by atoms with van der Waals surface area (Å²) < 4.78 is 0. The first kappa shape index (κ1) is 16.1. The standard InChI is InChI=1S/C13H23N3O2S/c1-13(2,9-17)16(5)7-10-8-19-11(14-10)6-12(18)15(3)4/h8,17H,6-7,9H2,1-5H3. The Balaban J connectivity index is 2.63. The highest BCUT2D eigenvalue weighted by atomic mass is 32.1. The Morgan fingerprint density at radius 2 is 2.05 bits per heavy atom. The highest BCUT2D eigenvalue weighted by Crippen LogP contribution is 2.17. The third-order valence-corrected chi connectivity index (χ3v) is 4.12. The number of likely N-dealkylation sites (N-methyl/N-ethyl adjacent to an activating group) is 2. The molecule has 0 saturated carbocycles. The summed E-state index contributed by atoms with van der Waals surface area (Å²) in [6, 6.07) is 0. The van der Waals surface area contributed by atoms with E-state index < -0.39 is 0 Å². The second-order valence-electron chi connectivity index (χ2n) is 5.52. The summed E-state index contributed by atoms with van der Waals surface area (Å²) in [7, 11) is 5.45. The molecule has 0 saturated heterocycles. The zero-order valence-corrected chi connectivity index (χ0v) is 13.1. The van der Waals surface area contributed by atoms with Gasteiger partial charge in [0, 0.05) is 31.6 Å². The Morgan fingerprint density at radius 1 is 1.42 bits per heavy atom. The van der Waals surface area contributed by atoms with Crippen LogP contribution in [-0.4, -0.2) is 59.1 Å². The lowest BCUT2D eigenvalue weighted by Gasteiger charge is -2.33. The Hall–Kier alpha value is -0.980. The molecule has 0 bridgehead atoms. The number of hydrogen-bond donors (Lipinski definition) is 1. The molecular formula is C13H23N3O2S. The first-order valence-electron chi connectivity index (χ1n) is 6.22. The van der Waals surface area contributed by atoms with Crippen molar-refractivity contribution < 1.29 is 9.90 Å². The number of thiazole rings is 1. The van der Waals surface area contributed by atoms with Gasteiger partial charge in [0.15, 0.2) is 0 Å². The van der Waals surface area contributed by atoms with E-state index >= 15 is 0 Å². The van der Waals surface area contributed by atoms with Crippen LogP contribution in [0.3, 0.4) is 0 Å². The molecule has 1 N–H and O–H groups in total. The summed E-state index contributed by atoms with van der Waals surface area (Å²) in [5.74, 6) is 0.0601. The van der Waals surface area contributed by atoms with Gasteiger partial charge in [-0.05, 0) is 20.9 Å². The van der Waals surface area contributed by atoms with Crippen molar-refractivity contribution in [2.75, 3.05) is 27.7 Å². The molecule has 1 aromatic heterocycles. The van der Waals surface area contributed by atoms with Crippen LogP contribution in [0.15, 0.2) is 5.38 Å². The summed E-state index contributed by atoms with van der Waals surface area (Å²) >= 11 is 1.51. The molecule has 0 aliphatic rings. The Kier molecular flexibility index (Phi) is 5.46. The lowest BCUT2D eigenvalue weighted by molar-refractivity contribution is -0.127.